The van der Waals surface area contributed by atoms with Gasteiger partial charge in [0.15, 0.2) is 0 Å². The van der Waals surface area contributed by atoms with Crippen LogP contribution in [0.5, 0.6) is 0 Å². The Hall–Kier alpha value is -3.30. The molecule has 9 nitrogen and oxygen atoms in total. The number of carbonyl (C=O) groups is 1. The van der Waals surface area contributed by atoms with Gasteiger partial charge in [0, 0.05) is 57.3 Å². The van der Waals surface area contributed by atoms with E-state index in [0.717, 1.165) is 67.1 Å². The Bertz CT molecular complexity index is 1210. The second kappa shape index (κ2) is 9.90. The molecule has 3 aromatic heterocycles. The number of hydrogen-bond donors (Lipinski definition) is 2. The zero-order valence-electron chi connectivity index (χ0n) is 19.4. The summed E-state index contributed by atoms with van der Waals surface area (Å²) in [4.78, 5) is 41.2. The predicted octanol–water partition coefficient (Wildman–Crippen LogP) is 1.72. The molecule has 2 N–H and O–H groups in total. The largest absolute Gasteiger partial charge is 0.379 e. The molecule has 34 heavy (non-hydrogen) atoms. The van der Waals surface area contributed by atoms with Gasteiger partial charge < -0.3 is 19.9 Å². The fraction of sp³-hybridized carbons (Fsp3) is 0.440. The summed E-state index contributed by atoms with van der Waals surface area (Å²) >= 11 is 0. The number of nitrogens with one attached hydrogen (secondary N) is 2. The first kappa shape index (κ1) is 22.5. The maximum atomic E-state index is 12.4. The van der Waals surface area contributed by atoms with Gasteiger partial charge in [0.25, 0.3) is 11.5 Å². The molecule has 2 aliphatic heterocycles. The van der Waals surface area contributed by atoms with E-state index in [4.69, 9.17) is 4.74 Å². The quantitative estimate of drug-likeness (QED) is 0.575. The number of nitrogens with zero attached hydrogens (tertiary/aromatic N) is 4. The average Bonchev–Trinajstić information content (AvgIpc) is 3.37. The minimum absolute atomic E-state index is 0.0360. The van der Waals surface area contributed by atoms with Crippen molar-refractivity contribution < 1.29 is 9.53 Å². The van der Waals surface area contributed by atoms with Crippen LogP contribution in [0.2, 0.25) is 0 Å². The van der Waals surface area contributed by atoms with Crippen LogP contribution < -0.4 is 15.8 Å². The number of carbonyl (C=O) groups excluding carboxylic acids is 1. The highest BCUT2D eigenvalue weighted by Gasteiger charge is 2.21. The number of H-pyrrole nitrogens is 1. The van der Waals surface area contributed by atoms with Crippen LogP contribution in [0.3, 0.4) is 0 Å². The normalized spacial score (nSPS) is 19.0. The third-order valence-electron chi connectivity index (χ3n) is 6.58. The molecule has 0 radical (unpaired) electrons. The van der Waals surface area contributed by atoms with Crippen LogP contribution >= 0.6 is 0 Å². The SMILES string of the molecule is CCc1cc2ncc(CN3CCN(c4ccc(C(=O)NC5CCOC5)cn4)CC3)cc2[nH]c1=O. The molecular formula is C25H30N6O3. The molecule has 2 fully saturated rings. The molecule has 0 aliphatic carbocycles. The van der Waals surface area contributed by atoms with Crippen molar-refractivity contribution in [3.63, 3.8) is 0 Å². The number of pyridine rings is 3. The molecule has 178 valence electrons. The number of fused-ring (bicyclic) bond motifs is 1. The Morgan fingerprint density at radius 3 is 2.74 bits per heavy atom. The molecule has 0 aromatic carbocycles. The fourth-order valence-corrected chi connectivity index (χ4v) is 4.53. The molecule has 2 saturated heterocycles. The van der Waals surface area contributed by atoms with Crippen molar-refractivity contribution in [2.75, 3.05) is 44.3 Å². The zero-order valence-corrected chi connectivity index (χ0v) is 19.4. The molecule has 0 spiro atoms. The van der Waals surface area contributed by atoms with Gasteiger partial charge in [-0.1, -0.05) is 6.92 Å². The van der Waals surface area contributed by atoms with E-state index in [-0.39, 0.29) is 17.5 Å². The molecule has 2 aliphatic rings. The summed E-state index contributed by atoms with van der Waals surface area (Å²) in [6, 6.07) is 7.75. The highest BCUT2D eigenvalue weighted by molar-refractivity contribution is 5.94. The Labute approximate surface area is 198 Å². The van der Waals surface area contributed by atoms with Crippen LogP contribution in [0.25, 0.3) is 11.0 Å². The van der Waals surface area contributed by atoms with Crippen LogP contribution in [0, 0.1) is 0 Å². The highest BCUT2D eigenvalue weighted by Crippen LogP contribution is 2.17. The lowest BCUT2D eigenvalue weighted by Gasteiger charge is -2.35. The second-order valence-electron chi connectivity index (χ2n) is 8.96. The van der Waals surface area contributed by atoms with Gasteiger partial charge in [0.2, 0.25) is 0 Å². The minimum atomic E-state index is -0.101. The van der Waals surface area contributed by atoms with E-state index in [1.165, 1.54) is 0 Å². The van der Waals surface area contributed by atoms with Gasteiger partial charge in [0.05, 0.1) is 29.2 Å². The topological polar surface area (TPSA) is 103 Å². The van der Waals surface area contributed by atoms with Crippen LogP contribution in [0.15, 0.2) is 41.5 Å². The molecule has 9 heteroatoms. The van der Waals surface area contributed by atoms with Gasteiger partial charge in [-0.25, -0.2) is 4.98 Å². The first-order valence-corrected chi connectivity index (χ1v) is 11.9. The standard InChI is InChI=1S/C25H30N6O3/c1-2-18-12-21-22(29-24(18)32)11-17(13-26-21)15-30-6-8-31(9-7-30)23-4-3-19(14-27-23)25(33)28-20-5-10-34-16-20/h3-4,11-14,20H,2,5-10,15-16H2,1H3,(H,28,33)(H,29,32). The zero-order chi connectivity index (χ0) is 23.5. The van der Waals surface area contributed by atoms with Gasteiger partial charge in [-0.15, -0.1) is 0 Å². The van der Waals surface area contributed by atoms with Crippen LogP contribution in [0.4, 0.5) is 5.82 Å². The molecule has 1 atom stereocenters. The van der Waals surface area contributed by atoms with E-state index >= 15 is 0 Å². The lowest BCUT2D eigenvalue weighted by Crippen LogP contribution is -2.46. The van der Waals surface area contributed by atoms with Crippen molar-refractivity contribution in [3.05, 3.63) is 63.7 Å². The number of rotatable bonds is 6. The number of hydrogen-bond acceptors (Lipinski definition) is 7. The average molecular weight is 463 g/mol. The van der Waals surface area contributed by atoms with Crippen molar-refractivity contribution in [1.29, 1.82) is 0 Å². The number of amides is 1. The minimum Gasteiger partial charge on any atom is -0.379 e. The van der Waals surface area contributed by atoms with Gasteiger partial charge in [-0.2, -0.15) is 0 Å². The number of aromatic nitrogens is 3. The number of piperazine rings is 1. The lowest BCUT2D eigenvalue weighted by atomic mass is 10.1. The molecule has 1 amide bonds. The van der Waals surface area contributed by atoms with Crippen molar-refractivity contribution in [2.45, 2.75) is 32.4 Å². The van der Waals surface area contributed by atoms with Gasteiger partial charge in [-0.05, 0) is 42.7 Å². The molecule has 5 heterocycles. The Kier molecular flexibility index (Phi) is 6.55. The van der Waals surface area contributed by atoms with Gasteiger partial charge in [-0.3, -0.25) is 19.5 Å². The molecule has 5 rings (SSSR count). The maximum Gasteiger partial charge on any atom is 0.253 e. The smallest absolute Gasteiger partial charge is 0.253 e. The van der Waals surface area contributed by atoms with Crippen LogP contribution in [-0.2, 0) is 17.7 Å². The van der Waals surface area contributed by atoms with Gasteiger partial charge >= 0.3 is 0 Å². The third-order valence-corrected chi connectivity index (χ3v) is 6.58. The second-order valence-corrected chi connectivity index (χ2v) is 8.96. The van der Waals surface area contributed by atoms with Crippen LogP contribution in [-0.4, -0.2) is 71.2 Å². The van der Waals surface area contributed by atoms with E-state index in [1.807, 2.05) is 37.4 Å². The molecule has 1 unspecified atom stereocenters. The van der Waals surface area contributed by atoms with E-state index in [9.17, 15) is 9.59 Å². The summed E-state index contributed by atoms with van der Waals surface area (Å²) in [5.74, 6) is 0.785. The summed E-state index contributed by atoms with van der Waals surface area (Å²) in [6.45, 7) is 7.54. The summed E-state index contributed by atoms with van der Waals surface area (Å²) in [5.41, 5.74) is 3.99. The van der Waals surface area contributed by atoms with E-state index in [1.54, 1.807) is 6.20 Å². The number of aryl methyl sites for hydroxylation is 1. The van der Waals surface area contributed by atoms with Gasteiger partial charge in [0.1, 0.15) is 5.82 Å². The van der Waals surface area contributed by atoms with Crippen molar-refractivity contribution >= 4 is 22.8 Å². The maximum absolute atomic E-state index is 12.4. The first-order chi connectivity index (χ1) is 16.6. The number of aromatic amines is 1. The summed E-state index contributed by atoms with van der Waals surface area (Å²) < 4.78 is 5.31. The molecule has 0 saturated carbocycles. The predicted molar refractivity (Wildman–Crippen MR) is 130 cm³/mol. The van der Waals surface area contributed by atoms with E-state index < -0.39 is 0 Å². The molecule has 3 aromatic rings. The summed E-state index contributed by atoms with van der Waals surface area (Å²) in [6.07, 6.45) is 5.10. The number of anilines is 1. The van der Waals surface area contributed by atoms with Crippen molar-refractivity contribution in [2.24, 2.45) is 0 Å². The Morgan fingerprint density at radius 2 is 2.03 bits per heavy atom. The van der Waals surface area contributed by atoms with E-state index in [2.05, 4.69) is 30.1 Å². The number of ether oxygens (including phenoxy) is 1. The highest BCUT2D eigenvalue weighted by atomic mass is 16.5. The summed E-state index contributed by atoms with van der Waals surface area (Å²) in [7, 11) is 0. The molecular weight excluding hydrogens is 432 g/mol. The Morgan fingerprint density at radius 1 is 1.18 bits per heavy atom. The third kappa shape index (κ3) is 4.95. The van der Waals surface area contributed by atoms with Crippen molar-refractivity contribution in [1.82, 2.24) is 25.2 Å². The van der Waals surface area contributed by atoms with Crippen LogP contribution in [0.1, 0.15) is 34.8 Å². The molecule has 0 bridgehead atoms. The Balaban J connectivity index is 1.16. The van der Waals surface area contributed by atoms with E-state index in [0.29, 0.717) is 25.2 Å². The van der Waals surface area contributed by atoms with Crippen molar-refractivity contribution in [3.8, 4) is 0 Å². The lowest BCUT2D eigenvalue weighted by molar-refractivity contribution is 0.0929. The first-order valence-electron chi connectivity index (χ1n) is 11.9. The monoisotopic (exact) mass is 462 g/mol. The fourth-order valence-electron chi connectivity index (χ4n) is 4.53. The summed E-state index contributed by atoms with van der Waals surface area (Å²) in [5, 5.41) is 2.99.